The smallest absolute Gasteiger partial charge is 0.349 e. The third kappa shape index (κ3) is 3.71. The van der Waals surface area contributed by atoms with Gasteiger partial charge < -0.3 is 10.1 Å². The Kier molecular flexibility index (Phi) is 5.08. The van der Waals surface area contributed by atoms with Gasteiger partial charge in [-0.3, -0.25) is 4.79 Å². The average Bonchev–Trinajstić information content (AvgIpc) is 3.11. The molecular weight excluding hydrogens is 371 g/mol. The average molecular weight is 385 g/mol. The minimum atomic E-state index is -0.969. The van der Waals surface area contributed by atoms with Crippen LogP contribution in [0.5, 0.6) is 0 Å². The van der Waals surface area contributed by atoms with Crippen molar-refractivity contribution in [3.05, 3.63) is 43.7 Å². The minimum absolute atomic E-state index is 0.170. The highest BCUT2D eigenvalue weighted by molar-refractivity contribution is 7.14. The molecule has 5 nitrogen and oxygen atoms in total. The Bertz CT molecular complexity index is 785. The Morgan fingerprint density at radius 3 is 2.83 bits per heavy atom. The van der Waals surface area contributed by atoms with E-state index < -0.39 is 18.0 Å². The number of aryl methyl sites for hydroxylation is 2. The van der Waals surface area contributed by atoms with E-state index in [4.69, 9.17) is 27.9 Å². The van der Waals surface area contributed by atoms with E-state index in [0.29, 0.717) is 9.90 Å². The van der Waals surface area contributed by atoms with Crippen LogP contribution in [0.3, 0.4) is 0 Å². The lowest BCUT2D eigenvalue weighted by molar-refractivity contribution is -0.123. The summed E-state index contributed by atoms with van der Waals surface area (Å²) in [6, 6.07) is 3.33. The van der Waals surface area contributed by atoms with Crippen molar-refractivity contribution in [3.8, 4) is 0 Å². The second kappa shape index (κ2) is 7.09. The number of rotatable bonds is 4. The van der Waals surface area contributed by atoms with Crippen molar-refractivity contribution in [3.63, 3.8) is 0 Å². The van der Waals surface area contributed by atoms with Crippen molar-refractivity contribution in [2.75, 3.05) is 5.32 Å². The molecule has 0 fully saturated rings. The fourth-order valence-corrected chi connectivity index (χ4v) is 3.99. The molecule has 1 amide bonds. The number of nitrogens with zero attached hydrogens (tertiary/aromatic N) is 1. The second-order valence-corrected chi connectivity index (χ2v) is 7.41. The number of hydrogen-bond donors (Lipinski definition) is 1. The Hall–Kier alpha value is -1.63. The fraction of sp³-hybridized carbons (Fsp3) is 0.312. The predicted octanol–water partition coefficient (Wildman–Crippen LogP) is 4.12. The van der Waals surface area contributed by atoms with Gasteiger partial charge in [0.1, 0.15) is 4.88 Å². The van der Waals surface area contributed by atoms with Gasteiger partial charge in [0.2, 0.25) is 0 Å². The summed E-state index contributed by atoms with van der Waals surface area (Å²) in [7, 11) is 0. The molecule has 2 aromatic rings. The quantitative estimate of drug-likeness (QED) is 0.804. The summed E-state index contributed by atoms with van der Waals surface area (Å²) in [5.41, 5.74) is 1.21. The molecule has 2 aromatic heterocycles. The zero-order chi connectivity index (χ0) is 17.3. The SMILES string of the molecule is CC(OC(=O)c1cc2c(s1)CCC2)C(=O)Nc1ncc(Cl)cc1Cl. The molecule has 0 spiro atoms. The maximum Gasteiger partial charge on any atom is 0.349 e. The number of hydrogen-bond acceptors (Lipinski definition) is 5. The molecular formula is C16H14Cl2N2O3S. The molecule has 1 atom stereocenters. The molecule has 24 heavy (non-hydrogen) atoms. The van der Waals surface area contributed by atoms with Gasteiger partial charge in [-0.2, -0.15) is 0 Å². The molecule has 0 bridgehead atoms. The van der Waals surface area contributed by atoms with E-state index in [1.54, 1.807) is 0 Å². The van der Waals surface area contributed by atoms with E-state index in [9.17, 15) is 9.59 Å². The van der Waals surface area contributed by atoms with Crippen LogP contribution in [-0.4, -0.2) is 23.0 Å². The van der Waals surface area contributed by atoms with Crippen LogP contribution in [0.15, 0.2) is 18.3 Å². The summed E-state index contributed by atoms with van der Waals surface area (Å²) in [6.45, 7) is 1.50. The van der Waals surface area contributed by atoms with Gasteiger partial charge in [-0.1, -0.05) is 23.2 Å². The van der Waals surface area contributed by atoms with Crippen LogP contribution in [0.1, 0.15) is 33.5 Å². The first-order valence-electron chi connectivity index (χ1n) is 7.38. The molecule has 0 aliphatic heterocycles. The largest absolute Gasteiger partial charge is 0.448 e. The van der Waals surface area contributed by atoms with Crippen molar-refractivity contribution in [1.29, 1.82) is 0 Å². The Morgan fingerprint density at radius 2 is 2.12 bits per heavy atom. The minimum Gasteiger partial charge on any atom is -0.448 e. The molecule has 0 saturated heterocycles. The predicted molar refractivity (Wildman–Crippen MR) is 94.1 cm³/mol. The molecule has 1 N–H and O–H groups in total. The number of fused-ring (bicyclic) bond motifs is 1. The molecule has 3 rings (SSSR count). The standard InChI is InChI=1S/C16H14Cl2N2O3S/c1-8(15(21)20-14-11(18)6-10(17)7-19-14)23-16(22)13-5-9-3-2-4-12(9)24-13/h5-8H,2-4H2,1H3,(H,19,20,21). The zero-order valence-electron chi connectivity index (χ0n) is 12.8. The monoisotopic (exact) mass is 384 g/mol. The van der Waals surface area contributed by atoms with E-state index in [-0.39, 0.29) is 10.8 Å². The lowest BCUT2D eigenvalue weighted by atomic mass is 10.2. The highest BCUT2D eigenvalue weighted by atomic mass is 35.5. The van der Waals surface area contributed by atoms with E-state index in [1.165, 1.54) is 41.0 Å². The normalized spacial score (nSPS) is 14.1. The lowest BCUT2D eigenvalue weighted by Crippen LogP contribution is -2.30. The number of carbonyl (C=O) groups is 2. The molecule has 1 aliphatic carbocycles. The number of halogens is 2. The topological polar surface area (TPSA) is 68.3 Å². The number of carbonyl (C=O) groups excluding carboxylic acids is 2. The number of esters is 1. The number of nitrogens with one attached hydrogen (secondary N) is 1. The Morgan fingerprint density at radius 1 is 1.33 bits per heavy atom. The van der Waals surface area contributed by atoms with Crippen molar-refractivity contribution < 1.29 is 14.3 Å². The first-order chi connectivity index (χ1) is 11.4. The fourth-order valence-electron chi connectivity index (χ4n) is 2.43. The van der Waals surface area contributed by atoms with Crippen LogP contribution < -0.4 is 5.32 Å². The number of thiophene rings is 1. The van der Waals surface area contributed by atoms with Crippen LogP contribution >= 0.6 is 34.5 Å². The van der Waals surface area contributed by atoms with Crippen molar-refractivity contribution >= 4 is 52.2 Å². The molecule has 1 aliphatic rings. The van der Waals surface area contributed by atoms with Gasteiger partial charge in [-0.05, 0) is 43.9 Å². The van der Waals surface area contributed by atoms with E-state index in [0.717, 1.165) is 19.3 Å². The van der Waals surface area contributed by atoms with Crippen LogP contribution in [0.4, 0.5) is 5.82 Å². The number of aromatic nitrogens is 1. The molecule has 126 valence electrons. The third-order valence-corrected chi connectivity index (χ3v) is 5.36. The van der Waals surface area contributed by atoms with Gasteiger partial charge in [0.25, 0.3) is 5.91 Å². The molecule has 8 heteroatoms. The van der Waals surface area contributed by atoms with Crippen LogP contribution in [0.2, 0.25) is 10.0 Å². The van der Waals surface area contributed by atoms with Crippen molar-refractivity contribution in [1.82, 2.24) is 4.98 Å². The van der Waals surface area contributed by atoms with E-state index in [1.807, 2.05) is 6.07 Å². The van der Waals surface area contributed by atoms with Gasteiger partial charge in [-0.25, -0.2) is 9.78 Å². The van der Waals surface area contributed by atoms with Gasteiger partial charge in [0.15, 0.2) is 11.9 Å². The van der Waals surface area contributed by atoms with Gasteiger partial charge >= 0.3 is 5.97 Å². The van der Waals surface area contributed by atoms with Crippen molar-refractivity contribution in [2.45, 2.75) is 32.3 Å². The molecule has 0 aromatic carbocycles. The lowest BCUT2D eigenvalue weighted by Gasteiger charge is -2.13. The summed E-state index contributed by atoms with van der Waals surface area (Å²) in [4.78, 5) is 30.0. The number of pyridine rings is 1. The second-order valence-electron chi connectivity index (χ2n) is 5.43. The summed E-state index contributed by atoms with van der Waals surface area (Å²) in [6.07, 6.45) is 3.53. The number of amides is 1. The molecule has 2 heterocycles. The van der Waals surface area contributed by atoms with E-state index in [2.05, 4.69) is 10.3 Å². The van der Waals surface area contributed by atoms with Crippen molar-refractivity contribution in [2.24, 2.45) is 0 Å². The number of anilines is 1. The van der Waals surface area contributed by atoms with Gasteiger partial charge in [-0.15, -0.1) is 11.3 Å². The van der Waals surface area contributed by atoms with E-state index >= 15 is 0 Å². The van der Waals surface area contributed by atoms with Gasteiger partial charge in [0, 0.05) is 11.1 Å². The highest BCUT2D eigenvalue weighted by Crippen LogP contribution is 2.31. The summed E-state index contributed by atoms with van der Waals surface area (Å²) < 4.78 is 5.23. The molecule has 0 saturated carbocycles. The highest BCUT2D eigenvalue weighted by Gasteiger charge is 2.24. The first-order valence-corrected chi connectivity index (χ1v) is 8.96. The maximum absolute atomic E-state index is 12.2. The summed E-state index contributed by atoms with van der Waals surface area (Å²) in [5.74, 6) is -0.833. The van der Waals surface area contributed by atoms with Gasteiger partial charge in [0.05, 0.1) is 10.0 Å². The maximum atomic E-state index is 12.2. The third-order valence-electron chi connectivity index (χ3n) is 3.65. The summed E-state index contributed by atoms with van der Waals surface area (Å²) in [5, 5.41) is 3.09. The Labute approximate surface area is 152 Å². The summed E-state index contributed by atoms with van der Waals surface area (Å²) >= 11 is 13.1. The molecule has 0 radical (unpaired) electrons. The molecule has 1 unspecified atom stereocenters. The van der Waals surface area contributed by atoms with Crippen LogP contribution in [0.25, 0.3) is 0 Å². The van der Waals surface area contributed by atoms with Crippen LogP contribution in [-0.2, 0) is 22.4 Å². The van der Waals surface area contributed by atoms with Crippen LogP contribution in [0, 0.1) is 0 Å². The number of ether oxygens (including phenoxy) is 1. The Balaban J connectivity index is 1.61. The zero-order valence-corrected chi connectivity index (χ0v) is 15.1. The first kappa shape index (κ1) is 17.2.